The molecule has 0 amide bonds. The number of hydrogen-bond donors (Lipinski definition) is 1. The summed E-state index contributed by atoms with van der Waals surface area (Å²) in [6, 6.07) is 8.04. The van der Waals surface area contributed by atoms with Gasteiger partial charge in [0, 0.05) is 18.8 Å². The van der Waals surface area contributed by atoms with Gasteiger partial charge in [-0.25, -0.2) is 0 Å². The van der Waals surface area contributed by atoms with Crippen molar-refractivity contribution in [2.45, 2.75) is 39.7 Å². The molecule has 1 rings (SSSR count). The molecule has 0 fully saturated rings. The third-order valence-corrected chi connectivity index (χ3v) is 3.42. The van der Waals surface area contributed by atoms with E-state index in [0.29, 0.717) is 0 Å². The summed E-state index contributed by atoms with van der Waals surface area (Å²) in [6.07, 6.45) is 2.32. The minimum atomic E-state index is 0.264. The summed E-state index contributed by atoms with van der Waals surface area (Å²) in [5.74, 6) is 0. The number of ether oxygens (including phenoxy) is 1. The van der Waals surface area contributed by atoms with Crippen LogP contribution in [0.25, 0.3) is 0 Å². The fourth-order valence-electron chi connectivity index (χ4n) is 2.16. The van der Waals surface area contributed by atoms with Crippen molar-refractivity contribution in [2.75, 3.05) is 32.0 Å². The zero-order valence-electron chi connectivity index (χ0n) is 12.6. The third kappa shape index (κ3) is 6.60. The predicted molar refractivity (Wildman–Crippen MR) is 82.4 cm³/mol. The first-order chi connectivity index (χ1) is 9.15. The Balaban J connectivity index is 2.17. The highest BCUT2D eigenvalue weighted by molar-refractivity contribution is 5.39. The molecule has 0 aromatic heterocycles. The number of benzene rings is 1. The van der Waals surface area contributed by atoms with Gasteiger partial charge < -0.3 is 15.4 Å². The summed E-state index contributed by atoms with van der Waals surface area (Å²) in [6.45, 7) is 10.7. The molecule has 0 radical (unpaired) electrons. The van der Waals surface area contributed by atoms with Crippen LogP contribution in [0.2, 0.25) is 0 Å². The Morgan fingerprint density at radius 3 is 2.37 bits per heavy atom. The summed E-state index contributed by atoms with van der Waals surface area (Å²) in [5, 5.41) is 0. The summed E-state index contributed by atoms with van der Waals surface area (Å²) in [4.78, 5) is 2.42. The summed E-state index contributed by atoms with van der Waals surface area (Å²) in [7, 11) is 0. The zero-order valence-corrected chi connectivity index (χ0v) is 12.6. The molecule has 1 unspecified atom stereocenters. The average molecular weight is 264 g/mol. The first-order valence-corrected chi connectivity index (χ1v) is 7.34. The van der Waals surface area contributed by atoms with E-state index in [1.807, 2.05) is 12.1 Å². The Labute approximate surface area is 117 Å². The second kappa shape index (κ2) is 8.94. The molecule has 0 saturated carbocycles. The van der Waals surface area contributed by atoms with Crippen molar-refractivity contribution in [3.63, 3.8) is 0 Å². The lowest BCUT2D eigenvalue weighted by Gasteiger charge is -2.19. The van der Waals surface area contributed by atoms with Crippen molar-refractivity contribution < 1.29 is 4.74 Å². The van der Waals surface area contributed by atoms with Crippen LogP contribution >= 0.6 is 0 Å². The van der Waals surface area contributed by atoms with E-state index in [1.165, 1.54) is 5.56 Å². The molecule has 108 valence electrons. The molecule has 0 heterocycles. The second-order valence-electron chi connectivity index (χ2n) is 5.01. The van der Waals surface area contributed by atoms with Crippen molar-refractivity contribution >= 4 is 5.69 Å². The van der Waals surface area contributed by atoms with Gasteiger partial charge in [-0.2, -0.15) is 0 Å². The van der Waals surface area contributed by atoms with Crippen LogP contribution in [-0.4, -0.2) is 37.2 Å². The first-order valence-electron chi connectivity index (χ1n) is 7.34. The van der Waals surface area contributed by atoms with Gasteiger partial charge in [0.2, 0.25) is 0 Å². The molecule has 1 aromatic carbocycles. The molecule has 3 heteroatoms. The highest BCUT2D eigenvalue weighted by Crippen LogP contribution is 2.09. The average Bonchev–Trinajstić information content (AvgIpc) is 2.42. The van der Waals surface area contributed by atoms with E-state index in [4.69, 9.17) is 10.5 Å². The molecule has 1 atom stereocenters. The van der Waals surface area contributed by atoms with Crippen LogP contribution in [0.5, 0.6) is 0 Å². The van der Waals surface area contributed by atoms with Crippen LogP contribution in [0.1, 0.15) is 32.8 Å². The first kappa shape index (κ1) is 16.0. The van der Waals surface area contributed by atoms with Crippen LogP contribution < -0.4 is 5.73 Å². The minimum Gasteiger partial charge on any atom is -0.399 e. The van der Waals surface area contributed by atoms with Gasteiger partial charge in [-0.3, -0.25) is 0 Å². The SMILES string of the molecule is CCN(CC)CCCOC(C)Cc1ccc(N)cc1. The Morgan fingerprint density at radius 2 is 1.79 bits per heavy atom. The van der Waals surface area contributed by atoms with E-state index in [-0.39, 0.29) is 6.10 Å². The summed E-state index contributed by atoms with van der Waals surface area (Å²) < 4.78 is 5.86. The molecule has 0 aliphatic carbocycles. The van der Waals surface area contributed by atoms with Crippen molar-refractivity contribution in [2.24, 2.45) is 0 Å². The van der Waals surface area contributed by atoms with Gasteiger partial charge in [0.25, 0.3) is 0 Å². The van der Waals surface area contributed by atoms with Gasteiger partial charge in [0.05, 0.1) is 6.10 Å². The third-order valence-electron chi connectivity index (χ3n) is 3.42. The lowest BCUT2D eigenvalue weighted by Crippen LogP contribution is -2.25. The van der Waals surface area contributed by atoms with Crippen LogP contribution in [-0.2, 0) is 11.2 Å². The normalized spacial score (nSPS) is 12.8. The quantitative estimate of drug-likeness (QED) is 0.550. The topological polar surface area (TPSA) is 38.5 Å². The summed E-state index contributed by atoms with van der Waals surface area (Å²) >= 11 is 0. The molecule has 1 aromatic rings. The number of anilines is 1. The van der Waals surface area contributed by atoms with E-state index in [9.17, 15) is 0 Å². The lowest BCUT2D eigenvalue weighted by atomic mass is 10.1. The highest BCUT2D eigenvalue weighted by atomic mass is 16.5. The predicted octanol–water partition coefficient (Wildman–Crippen LogP) is 2.95. The highest BCUT2D eigenvalue weighted by Gasteiger charge is 2.04. The van der Waals surface area contributed by atoms with Gasteiger partial charge in [-0.15, -0.1) is 0 Å². The molecular weight excluding hydrogens is 236 g/mol. The summed E-state index contributed by atoms with van der Waals surface area (Å²) in [5.41, 5.74) is 7.77. The van der Waals surface area contributed by atoms with Crippen molar-refractivity contribution in [3.8, 4) is 0 Å². The Hall–Kier alpha value is -1.06. The molecule has 0 bridgehead atoms. The van der Waals surface area contributed by atoms with Gasteiger partial charge in [0.1, 0.15) is 0 Å². The van der Waals surface area contributed by atoms with E-state index in [2.05, 4.69) is 37.8 Å². The van der Waals surface area contributed by atoms with Crippen LogP contribution in [0.3, 0.4) is 0 Å². The van der Waals surface area contributed by atoms with Crippen molar-refractivity contribution in [1.82, 2.24) is 4.90 Å². The number of nitrogens with two attached hydrogens (primary N) is 1. The van der Waals surface area contributed by atoms with E-state index >= 15 is 0 Å². The van der Waals surface area contributed by atoms with Gasteiger partial charge in [-0.1, -0.05) is 26.0 Å². The number of nitrogens with zero attached hydrogens (tertiary/aromatic N) is 1. The molecule has 3 nitrogen and oxygen atoms in total. The van der Waals surface area contributed by atoms with Gasteiger partial charge in [-0.05, 0) is 50.6 Å². The largest absolute Gasteiger partial charge is 0.399 e. The van der Waals surface area contributed by atoms with Crippen molar-refractivity contribution in [3.05, 3.63) is 29.8 Å². The Kier molecular flexibility index (Phi) is 7.53. The molecule has 2 N–H and O–H groups in total. The van der Waals surface area contributed by atoms with Crippen molar-refractivity contribution in [1.29, 1.82) is 0 Å². The number of nitrogen functional groups attached to an aromatic ring is 1. The second-order valence-corrected chi connectivity index (χ2v) is 5.01. The van der Waals surface area contributed by atoms with E-state index in [1.54, 1.807) is 0 Å². The van der Waals surface area contributed by atoms with Crippen LogP contribution in [0.4, 0.5) is 5.69 Å². The van der Waals surface area contributed by atoms with Crippen LogP contribution in [0, 0.1) is 0 Å². The number of hydrogen-bond acceptors (Lipinski definition) is 3. The maximum atomic E-state index is 5.86. The van der Waals surface area contributed by atoms with Crippen LogP contribution in [0.15, 0.2) is 24.3 Å². The molecular formula is C16H28N2O. The minimum absolute atomic E-state index is 0.264. The molecule has 19 heavy (non-hydrogen) atoms. The fraction of sp³-hybridized carbons (Fsp3) is 0.625. The monoisotopic (exact) mass is 264 g/mol. The maximum absolute atomic E-state index is 5.86. The lowest BCUT2D eigenvalue weighted by molar-refractivity contribution is 0.0596. The Bertz CT molecular complexity index is 333. The molecule has 0 spiro atoms. The van der Waals surface area contributed by atoms with Gasteiger partial charge in [0.15, 0.2) is 0 Å². The zero-order chi connectivity index (χ0) is 14.1. The van der Waals surface area contributed by atoms with Gasteiger partial charge >= 0.3 is 0 Å². The maximum Gasteiger partial charge on any atom is 0.0587 e. The van der Waals surface area contributed by atoms with E-state index < -0.39 is 0 Å². The van der Waals surface area contributed by atoms with E-state index in [0.717, 1.165) is 44.8 Å². The standard InChI is InChI=1S/C16H28N2O/c1-4-18(5-2)11-6-12-19-14(3)13-15-7-9-16(17)10-8-15/h7-10,14H,4-6,11-13,17H2,1-3H3. The molecule has 0 aliphatic rings. The smallest absolute Gasteiger partial charge is 0.0587 e. The fourth-order valence-corrected chi connectivity index (χ4v) is 2.16. The molecule has 0 aliphatic heterocycles. The number of rotatable bonds is 9. The Morgan fingerprint density at radius 1 is 1.16 bits per heavy atom. The molecule has 0 saturated heterocycles.